The maximum Gasteiger partial charge on any atom is 0.416 e. The Morgan fingerprint density at radius 1 is 1.00 bits per heavy atom. The summed E-state index contributed by atoms with van der Waals surface area (Å²) in [6.07, 6.45) is -4.65. The van der Waals surface area contributed by atoms with Gasteiger partial charge in [0.25, 0.3) is 0 Å². The largest absolute Gasteiger partial charge is 0.416 e. The van der Waals surface area contributed by atoms with Crippen LogP contribution < -0.4 is 5.32 Å². The van der Waals surface area contributed by atoms with E-state index in [1.54, 1.807) is 20.8 Å². The SMILES string of the molecule is CCOP(=O)(OCC)C(N[C@H](C)c1ccc(F)cc1)c1ccccc1C(F)(F)F. The van der Waals surface area contributed by atoms with Crippen LogP contribution in [0.5, 0.6) is 0 Å². The molecule has 0 radical (unpaired) electrons. The van der Waals surface area contributed by atoms with Gasteiger partial charge in [-0.25, -0.2) is 4.39 Å². The van der Waals surface area contributed by atoms with Gasteiger partial charge in [0, 0.05) is 6.04 Å². The quantitative estimate of drug-likeness (QED) is 0.364. The van der Waals surface area contributed by atoms with Crippen LogP contribution in [0.25, 0.3) is 0 Å². The summed E-state index contributed by atoms with van der Waals surface area (Å²) in [5.74, 6) is -1.81. The Hall–Kier alpha value is -1.73. The van der Waals surface area contributed by atoms with Crippen molar-refractivity contribution in [3.05, 3.63) is 71.0 Å². The molecule has 1 N–H and O–H groups in total. The van der Waals surface area contributed by atoms with Crippen molar-refractivity contribution in [2.24, 2.45) is 0 Å². The predicted octanol–water partition coefficient (Wildman–Crippen LogP) is 6.46. The van der Waals surface area contributed by atoms with Crippen LogP contribution in [0.2, 0.25) is 0 Å². The molecule has 2 aromatic carbocycles. The molecule has 0 spiro atoms. The Morgan fingerprint density at radius 2 is 1.55 bits per heavy atom. The van der Waals surface area contributed by atoms with Crippen LogP contribution in [0.3, 0.4) is 0 Å². The molecule has 9 heteroatoms. The molecular formula is C20H24F4NO3P. The summed E-state index contributed by atoms with van der Waals surface area (Å²) in [7, 11) is -4.02. The molecule has 0 aliphatic rings. The molecule has 4 nitrogen and oxygen atoms in total. The monoisotopic (exact) mass is 433 g/mol. The van der Waals surface area contributed by atoms with E-state index in [2.05, 4.69) is 5.32 Å². The molecule has 2 atom stereocenters. The van der Waals surface area contributed by atoms with Gasteiger partial charge < -0.3 is 9.05 Å². The van der Waals surface area contributed by atoms with E-state index in [0.29, 0.717) is 5.56 Å². The molecule has 0 aromatic heterocycles. The third kappa shape index (κ3) is 5.89. The molecule has 29 heavy (non-hydrogen) atoms. The number of halogens is 4. The van der Waals surface area contributed by atoms with Crippen LogP contribution in [-0.2, 0) is 19.8 Å². The molecule has 0 fully saturated rings. The fourth-order valence-corrected chi connectivity index (χ4v) is 5.04. The lowest BCUT2D eigenvalue weighted by Gasteiger charge is -2.31. The van der Waals surface area contributed by atoms with E-state index in [-0.39, 0.29) is 18.8 Å². The van der Waals surface area contributed by atoms with E-state index < -0.39 is 37.0 Å². The lowest BCUT2D eigenvalue weighted by Crippen LogP contribution is -2.28. The molecule has 0 heterocycles. The van der Waals surface area contributed by atoms with Crippen LogP contribution in [-0.4, -0.2) is 13.2 Å². The maximum absolute atomic E-state index is 13.6. The minimum atomic E-state index is -4.65. The second-order valence-corrected chi connectivity index (χ2v) is 8.42. The smallest absolute Gasteiger partial charge is 0.308 e. The molecule has 0 amide bonds. The summed E-state index contributed by atoms with van der Waals surface area (Å²) >= 11 is 0. The zero-order chi connectivity index (χ0) is 21.7. The predicted molar refractivity (Wildman–Crippen MR) is 103 cm³/mol. The number of benzene rings is 2. The molecule has 0 aliphatic heterocycles. The van der Waals surface area contributed by atoms with Crippen molar-refractivity contribution in [1.29, 1.82) is 0 Å². The summed E-state index contributed by atoms with van der Waals surface area (Å²) in [5, 5.41) is 2.96. The van der Waals surface area contributed by atoms with Crippen molar-refractivity contribution in [3.8, 4) is 0 Å². The molecule has 0 saturated carbocycles. The number of nitrogens with one attached hydrogen (secondary N) is 1. The Balaban J connectivity index is 2.55. The Bertz CT molecular complexity index is 832. The highest BCUT2D eigenvalue weighted by molar-refractivity contribution is 7.54. The molecule has 2 rings (SSSR count). The van der Waals surface area contributed by atoms with Crippen LogP contribution in [0.1, 0.15) is 49.3 Å². The second kappa shape index (κ2) is 9.85. The van der Waals surface area contributed by atoms with E-state index in [1.165, 1.54) is 42.5 Å². The average Bonchev–Trinajstić information content (AvgIpc) is 2.66. The Morgan fingerprint density at radius 3 is 2.07 bits per heavy atom. The highest BCUT2D eigenvalue weighted by Crippen LogP contribution is 2.61. The molecular weight excluding hydrogens is 409 g/mol. The first-order chi connectivity index (χ1) is 13.6. The summed E-state index contributed by atoms with van der Waals surface area (Å²) in [6.45, 7) is 4.84. The standard InChI is InChI=1S/C20H24F4NO3P/c1-4-27-29(26,28-5-2)19(17-8-6-7-9-18(17)20(22,23)24)25-14(3)15-10-12-16(21)13-11-15/h6-14,19,25H,4-5H2,1-3H3/t14-,19?/m1/s1. The zero-order valence-corrected chi connectivity index (χ0v) is 17.3. The van der Waals surface area contributed by atoms with Gasteiger partial charge in [-0.3, -0.25) is 9.88 Å². The van der Waals surface area contributed by atoms with Crippen LogP contribution >= 0.6 is 7.60 Å². The van der Waals surface area contributed by atoms with Crippen LogP contribution in [0, 0.1) is 5.82 Å². The van der Waals surface area contributed by atoms with E-state index in [9.17, 15) is 22.1 Å². The van der Waals surface area contributed by atoms with Crippen molar-refractivity contribution in [2.75, 3.05) is 13.2 Å². The van der Waals surface area contributed by atoms with Gasteiger partial charge in [-0.05, 0) is 50.1 Å². The highest BCUT2D eigenvalue weighted by Gasteiger charge is 2.43. The second-order valence-electron chi connectivity index (χ2n) is 6.30. The normalized spacial score (nSPS) is 14.6. The van der Waals surface area contributed by atoms with Crippen LogP contribution in [0.15, 0.2) is 48.5 Å². The van der Waals surface area contributed by atoms with Crippen molar-refractivity contribution < 1.29 is 31.2 Å². The van der Waals surface area contributed by atoms with Gasteiger partial charge in [0.05, 0.1) is 18.8 Å². The molecule has 2 aromatic rings. The van der Waals surface area contributed by atoms with E-state index in [4.69, 9.17) is 9.05 Å². The summed E-state index contributed by atoms with van der Waals surface area (Å²) in [5.41, 5.74) is -0.553. The van der Waals surface area contributed by atoms with Gasteiger partial charge in [-0.1, -0.05) is 30.3 Å². The number of hydrogen-bond donors (Lipinski definition) is 1. The lowest BCUT2D eigenvalue weighted by molar-refractivity contribution is -0.138. The van der Waals surface area contributed by atoms with Crippen LogP contribution in [0.4, 0.5) is 17.6 Å². The summed E-state index contributed by atoms with van der Waals surface area (Å²) in [4.78, 5) is 0. The van der Waals surface area contributed by atoms with E-state index >= 15 is 0 Å². The van der Waals surface area contributed by atoms with Gasteiger partial charge in [0.15, 0.2) is 0 Å². The van der Waals surface area contributed by atoms with Crippen molar-refractivity contribution in [2.45, 2.75) is 38.8 Å². The molecule has 160 valence electrons. The van der Waals surface area contributed by atoms with Crippen molar-refractivity contribution >= 4 is 7.60 Å². The number of hydrogen-bond acceptors (Lipinski definition) is 4. The van der Waals surface area contributed by atoms with Gasteiger partial charge in [0.2, 0.25) is 0 Å². The van der Waals surface area contributed by atoms with Crippen molar-refractivity contribution in [3.63, 3.8) is 0 Å². The first-order valence-corrected chi connectivity index (χ1v) is 10.8. The summed E-state index contributed by atoms with van der Waals surface area (Å²) < 4.78 is 78.3. The number of rotatable bonds is 9. The maximum atomic E-state index is 13.6. The van der Waals surface area contributed by atoms with Gasteiger partial charge in [-0.15, -0.1) is 0 Å². The molecule has 1 unspecified atom stereocenters. The van der Waals surface area contributed by atoms with E-state index in [1.807, 2.05) is 0 Å². The third-order valence-electron chi connectivity index (χ3n) is 4.27. The fraction of sp³-hybridized carbons (Fsp3) is 0.400. The Kier molecular flexibility index (Phi) is 8.00. The lowest BCUT2D eigenvalue weighted by atomic mass is 10.0. The highest BCUT2D eigenvalue weighted by atomic mass is 31.2. The van der Waals surface area contributed by atoms with E-state index in [0.717, 1.165) is 6.07 Å². The van der Waals surface area contributed by atoms with Gasteiger partial charge in [-0.2, -0.15) is 13.2 Å². The third-order valence-corrected chi connectivity index (χ3v) is 6.57. The fourth-order valence-electron chi connectivity index (χ4n) is 2.98. The average molecular weight is 433 g/mol. The minimum absolute atomic E-state index is 0.00539. The van der Waals surface area contributed by atoms with Crippen molar-refractivity contribution in [1.82, 2.24) is 5.32 Å². The molecule has 0 aliphatic carbocycles. The Labute approximate surface area is 167 Å². The first kappa shape index (κ1) is 23.5. The van der Waals surface area contributed by atoms with Gasteiger partial charge in [0.1, 0.15) is 11.6 Å². The summed E-state index contributed by atoms with van der Waals surface area (Å²) in [6, 6.07) is 9.82. The first-order valence-electron chi connectivity index (χ1n) is 9.18. The molecule has 0 bridgehead atoms. The zero-order valence-electron chi connectivity index (χ0n) is 16.4. The minimum Gasteiger partial charge on any atom is -0.308 e. The number of alkyl halides is 3. The topological polar surface area (TPSA) is 47.6 Å². The molecule has 0 saturated heterocycles. The van der Waals surface area contributed by atoms with Gasteiger partial charge >= 0.3 is 13.8 Å².